The summed E-state index contributed by atoms with van der Waals surface area (Å²) in [7, 11) is 0. The van der Waals surface area contributed by atoms with E-state index in [-0.39, 0.29) is 5.91 Å². The first-order chi connectivity index (χ1) is 6.66. The molecule has 1 amide bonds. The van der Waals surface area contributed by atoms with Crippen molar-refractivity contribution in [3.8, 4) is 0 Å². The lowest BCUT2D eigenvalue weighted by Gasteiger charge is -2.06. The number of amides is 1. The summed E-state index contributed by atoms with van der Waals surface area (Å²) < 4.78 is 0. The van der Waals surface area contributed by atoms with Crippen LogP contribution in [0.15, 0.2) is 18.2 Å². The van der Waals surface area contributed by atoms with Crippen LogP contribution in [-0.4, -0.2) is 5.91 Å². The number of benzene rings is 1. The summed E-state index contributed by atoms with van der Waals surface area (Å²) in [6, 6.07) is 5.87. The van der Waals surface area contributed by atoms with Crippen LogP contribution in [0.2, 0.25) is 0 Å². The van der Waals surface area contributed by atoms with E-state index in [1.807, 2.05) is 19.1 Å². The van der Waals surface area contributed by atoms with Gasteiger partial charge in [0.2, 0.25) is 5.91 Å². The molecule has 1 aliphatic carbocycles. The molecule has 0 aromatic heterocycles. The van der Waals surface area contributed by atoms with Crippen molar-refractivity contribution in [2.45, 2.75) is 26.2 Å². The first kappa shape index (κ1) is 9.25. The third kappa shape index (κ3) is 1.95. The van der Waals surface area contributed by atoms with Crippen LogP contribution in [0.5, 0.6) is 0 Å². The van der Waals surface area contributed by atoms with Crippen molar-refractivity contribution in [2.75, 3.05) is 0 Å². The maximum Gasteiger partial charge on any atom is 0.248 e. The van der Waals surface area contributed by atoms with Gasteiger partial charge in [-0.3, -0.25) is 4.79 Å². The predicted molar refractivity (Wildman–Crippen MR) is 56.1 cm³/mol. The van der Waals surface area contributed by atoms with Crippen molar-refractivity contribution < 1.29 is 4.79 Å². The number of hydrogen-bond acceptors (Lipinski definition) is 1. The molecule has 1 aromatic rings. The van der Waals surface area contributed by atoms with Gasteiger partial charge in [0.25, 0.3) is 0 Å². The van der Waals surface area contributed by atoms with Gasteiger partial charge in [-0.05, 0) is 43.7 Å². The van der Waals surface area contributed by atoms with E-state index in [0.717, 1.165) is 17.9 Å². The largest absolute Gasteiger partial charge is 0.366 e. The van der Waals surface area contributed by atoms with E-state index < -0.39 is 0 Å². The topological polar surface area (TPSA) is 43.1 Å². The standard InChI is InChI=1S/C12H15NO/c1-8-2-5-11(12(13)14)10(6-8)7-9-3-4-9/h2,5-6,9H,3-4,7H2,1H3,(H2,13,14). The Bertz CT molecular complexity index is 367. The van der Waals surface area contributed by atoms with Crippen LogP contribution >= 0.6 is 0 Å². The normalized spacial score (nSPS) is 15.5. The van der Waals surface area contributed by atoms with E-state index in [4.69, 9.17) is 5.73 Å². The molecule has 2 rings (SSSR count). The molecule has 0 heterocycles. The molecule has 2 N–H and O–H groups in total. The second kappa shape index (κ2) is 3.45. The lowest BCUT2D eigenvalue weighted by atomic mass is 9.99. The van der Waals surface area contributed by atoms with Gasteiger partial charge >= 0.3 is 0 Å². The number of rotatable bonds is 3. The van der Waals surface area contributed by atoms with Gasteiger partial charge in [-0.2, -0.15) is 0 Å². The summed E-state index contributed by atoms with van der Waals surface area (Å²) in [5.41, 5.74) is 8.34. The lowest BCUT2D eigenvalue weighted by molar-refractivity contribution is 0.0999. The van der Waals surface area contributed by atoms with Crippen LogP contribution in [0.25, 0.3) is 0 Å². The van der Waals surface area contributed by atoms with Crippen molar-refractivity contribution in [1.29, 1.82) is 0 Å². The van der Waals surface area contributed by atoms with Gasteiger partial charge < -0.3 is 5.73 Å². The van der Waals surface area contributed by atoms with Gasteiger partial charge in [0.15, 0.2) is 0 Å². The molecule has 1 aromatic carbocycles. The van der Waals surface area contributed by atoms with Crippen LogP contribution in [-0.2, 0) is 6.42 Å². The summed E-state index contributed by atoms with van der Waals surface area (Å²) in [6.07, 6.45) is 3.61. The number of aryl methyl sites for hydroxylation is 1. The average molecular weight is 189 g/mol. The Hall–Kier alpha value is -1.31. The van der Waals surface area contributed by atoms with Crippen LogP contribution in [0.4, 0.5) is 0 Å². The summed E-state index contributed by atoms with van der Waals surface area (Å²) in [5, 5.41) is 0. The fraction of sp³-hybridized carbons (Fsp3) is 0.417. The van der Waals surface area contributed by atoms with Crippen LogP contribution in [0.1, 0.15) is 34.3 Å². The zero-order valence-electron chi connectivity index (χ0n) is 8.42. The van der Waals surface area contributed by atoms with Crippen molar-refractivity contribution >= 4 is 5.91 Å². The van der Waals surface area contributed by atoms with E-state index in [1.165, 1.54) is 18.4 Å². The minimum Gasteiger partial charge on any atom is -0.366 e. The number of hydrogen-bond donors (Lipinski definition) is 1. The molecule has 0 unspecified atom stereocenters. The van der Waals surface area contributed by atoms with E-state index in [2.05, 4.69) is 6.07 Å². The zero-order chi connectivity index (χ0) is 10.1. The number of primary amides is 1. The minimum absolute atomic E-state index is 0.305. The van der Waals surface area contributed by atoms with Crippen molar-refractivity contribution in [3.05, 3.63) is 34.9 Å². The monoisotopic (exact) mass is 189 g/mol. The average Bonchev–Trinajstić information content (AvgIpc) is 2.87. The Morgan fingerprint density at radius 3 is 2.79 bits per heavy atom. The highest BCUT2D eigenvalue weighted by Crippen LogP contribution is 2.33. The number of nitrogens with two attached hydrogens (primary N) is 1. The molecular formula is C12H15NO. The molecule has 1 saturated carbocycles. The Balaban J connectivity index is 2.31. The number of carbonyl (C=O) groups is 1. The van der Waals surface area contributed by atoms with Crippen molar-refractivity contribution in [2.24, 2.45) is 11.7 Å². The van der Waals surface area contributed by atoms with Crippen LogP contribution in [0.3, 0.4) is 0 Å². The van der Waals surface area contributed by atoms with E-state index >= 15 is 0 Å². The first-order valence-corrected chi connectivity index (χ1v) is 5.06. The Labute approximate surface area is 84.1 Å². The molecular weight excluding hydrogens is 174 g/mol. The van der Waals surface area contributed by atoms with Crippen LogP contribution in [0, 0.1) is 12.8 Å². The molecule has 0 saturated heterocycles. The van der Waals surface area contributed by atoms with Gasteiger partial charge in [0.05, 0.1) is 0 Å². The molecule has 0 bridgehead atoms. The van der Waals surface area contributed by atoms with Crippen molar-refractivity contribution in [1.82, 2.24) is 0 Å². The van der Waals surface area contributed by atoms with Gasteiger partial charge in [0.1, 0.15) is 0 Å². The Morgan fingerprint density at radius 2 is 2.21 bits per heavy atom. The van der Waals surface area contributed by atoms with E-state index in [1.54, 1.807) is 0 Å². The van der Waals surface area contributed by atoms with E-state index in [9.17, 15) is 4.79 Å². The number of carbonyl (C=O) groups excluding carboxylic acids is 1. The highest BCUT2D eigenvalue weighted by atomic mass is 16.1. The molecule has 1 fully saturated rings. The van der Waals surface area contributed by atoms with Crippen molar-refractivity contribution in [3.63, 3.8) is 0 Å². The zero-order valence-corrected chi connectivity index (χ0v) is 8.42. The summed E-state index contributed by atoms with van der Waals surface area (Å²) in [5.74, 6) is 0.482. The minimum atomic E-state index is -0.305. The second-order valence-corrected chi connectivity index (χ2v) is 4.17. The molecule has 0 aliphatic heterocycles. The van der Waals surface area contributed by atoms with E-state index in [0.29, 0.717) is 5.56 Å². The van der Waals surface area contributed by atoms with Gasteiger partial charge in [-0.15, -0.1) is 0 Å². The lowest BCUT2D eigenvalue weighted by Crippen LogP contribution is -2.14. The molecule has 14 heavy (non-hydrogen) atoms. The fourth-order valence-electron chi connectivity index (χ4n) is 1.76. The van der Waals surface area contributed by atoms with Gasteiger partial charge in [-0.1, -0.05) is 17.7 Å². The smallest absolute Gasteiger partial charge is 0.248 e. The molecule has 0 radical (unpaired) electrons. The SMILES string of the molecule is Cc1ccc(C(N)=O)c(CC2CC2)c1. The maximum atomic E-state index is 11.2. The Morgan fingerprint density at radius 1 is 1.50 bits per heavy atom. The van der Waals surface area contributed by atoms with Crippen LogP contribution < -0.4 is 5.73 Å². The highest BCUT2D eigenvalue weighted by Gasteiger charge is 2.23. The molecule has 74 valence electrons. The molecule has 2 nitrogen and oxygen atoms in total. The predicted octanol–water partition coefficient (Wildman–Crippen LogP) is 2.05. The quantitative estimate of drug-likeness (QED) is 0.777. The molecule has 2 heteroatoms. The maximum absolute atomic E-state index is 11.2. The second-order valence-electron chi connectivity index (χ2n) is 4.17. The summed E-state index contributed by atoms with van der Waals surface area (Å²) in [4.78, 5) is 11.2. The third-order valence-corrected chi connectivity index (χ3v) is 2.73. The summed E-state index contributed by atoms with van der Waals surface area (Å²) >= 11 is 0. The molecule has 0 atom stereocenters. The molecule has 0 spiro atoms. The first-order valence-electron chi connectivity index (χ1n) is 5.06. The Kier molecular flexibility index (Phi) is 2.28. The summed E-state index contributed by atoms with van der Waals surface area (Å²) in [6.45, 7) is 2.04. The third-order valence-electron chi connectivity index (χ3n) is 2.73. The fourth-order valence-corrected chi connectivity index (χ4v) is 1.76. The van der Waals surface area contributed by atoms with Gasteiger partial charge in [0, 0.05) is 5.56 Å². The highest BCUT2D eigenvalue weighted by molar-refractivity contribution is 5.94. The molecule has 1 aliphatic rings. The van der Waals surface area contributed by atoms with Gasteiger partial charge in [-0.25, -0.2) is 0 Å².